The number of likely N-dealkylation sites (tertiary alicyclic amines) is 1. The number of hydrogen-bond acceptors (Lipinski definition) is 3. The van der Waals surface area contributed by atoms with Crippen LogP contribution in [0.4, 0.5) is 10.1 Å². The summed E-state index contributed by atoms with van der Waals surface area (Å²) < 4.78 is 13.0. The number of anilines is 1. The second-order valence-corrected chi connectivity index (χ2v) is 7.11. The van der Waals surface area contributed by atoms with Crippen LogP contribution in [0.1, 0.15) is 20.3 Å². The van der Waals surface area contributed by atoms with Crippen molar-refractivity contribution in [2.45, 2.75) is 26.3 Å². The van der Waals surface area contributed by atoms with Gasteiger partial charge in [0.25, 0.3) is 5.91 Å². The summed E-state index contributed by atoms with van der Waals surface area (Å²) in [5.74, 6) is 0.0105. The lowest BCUT2D eigenvalue weighted by molar-refractivity contribution is -0.915. The van der Waals surface area contributed by atoms with Crippen molar-refractivity contribution < 1.29 is 18.9 Å². The first-order valence-corrected chi connectivity index (χ1v) is 8.65. The minimum Gasteiger partial charge on any atom is -0.360 e. The Morgan fingerprint density at radius 2 is 1.79 bits per heavy atom. The molecule has 2 aliphatic heterocycles. The number of hydrogen-bond donors (Lipinski definition) is 1. The largest absolute Gasteiger partial charge is 0.360 e. The first-order valence-electron chi connectivity index (χ1n) is 8.65. The highest BCUT2D eigenvalue weighted by Gasteiger charge is 2.45. The summed E-state index contributed by atoms with van der Waals surface area (Å²) in [4.78, 5) is 29.5. The van der Waals surface area contributed by atoms with Gasteiger partial charge in [0.05, 0.1) is 32.6 Å². The zero-order valence-electron chi connectivity index (χ0n) is 14.3. The molecule has 6 heteroatoms. The third-order valence-corrected chi connectivity index (χ3v) is 4.88. The van der Waals surface area contributed by atoms with Crippen LogP contribution in [0.15, 0.2) is 24.3 Å². The Bertz CT molecular complexity index is 609. The Hall–Kier alpha value is -1.95. The molecule has 2 aliphatic rings. The second kappa shape index (κ2) is 6.89. The molecule has 5 nitrogen and oxygen atoms in total. The normalized spacial score (nSPS) is 22.8. The van der Waals surface area contributed by atoms with E-state index in [0.29, 0.717) is 18.9 Å². The van der Waals surface area contributed by atoms with Crippen LogP contribution in [0.2, 0.25) is 0 Å². The van der Waals surface area contributed by atoms with Gasteiger partial charge in [0, 0.05) is 12.2 Å². The van der Waals surface area contributed by atoms with E-state index in [9.17, 15) is 14.0 Å². The second-order valence-electron chi connectivity index (χ2n) is 7.11. The number of amides is 2. The lowest BCUT2D eigenvalue weighted by Gasteiger charge is -2.35. The number of carbonyl (C=O) groups excluding carboxylic acids is 2. The van der Waals surface area contributed by atoms with Gasteiger partial charge in [-0.1, -0.05) is 13.8 Å². The molecule has 2 saturated heterocycles. The van der Waals surface area contributed by atoms with E-state index in [0.717, 1.165) is 31.9 Å². The molecule has 0 spiro atoms. The number of benzene rings is 1. The van der Waals surface area contributed by atoms with Crippen LogP contribution in [0.25, 0.3) is 0 Å². The van der Waals surface area contributed by atoms with Gasteiger partial charge in [0.1, 0.15) is 5.82 Å². The van der Waals surface area contributed by atoms with Crippen LogP contribution in [0.3, 0.4) is 0 Å². The highest BCUT2D eigenvalue weighted by molar-refractivity contribution is 6.04. The number of nitrogens with one attached hydrogen (secondary N) is 1. The third-order valence-electron chi connectivity index (χ3n) is 4.88. The summed E-state index contributed by atoms with van der Waals surface area (Å²) in [5, 5.41) is 0. The Morgan fingerprint density at radius 3 is 2.38 bits per heavy atom. The van der Waals surface area contributed by atoms with E-state index in [4.69, 9.17) is 0 Å². The minimum absolute atomic E-state index is 0.0149. The van der Waals surface area contributed by atoms with E-state index in [2.05, 4.69) is 4.90 Å². The van der Waals surface area contributed by atoms with E-state index >= 15 is 0 Å². The van der Waals surface area contributed by atoms with Crippen molar-refractivity contribution in [2.75, 3.05) is 37.6 Å². The molecular formula is C18H25FN3O2+. The topological polar surface area (TPSA) is 45.1 Å². The Labute approximate surface area is 142 Å². The summed E-state index contributed by atoms with van der Waals surface area (Å²) in [7, 11) is 0. The van der Waals surface area contributed by atoms with E-state index in [1.165, 1.54) is 21.9 Å². The molecule has 1 aromatic carbocycles. The average molecular weight is 334 g/mol. The van der Waals surface area contributed by atoms with Crippen molar-refractivity contribution in [3.8, 4) is 0 Å². The number of rotatable bonds is 4. The molecule has 1 atom stereocenters. The van der Waals surface area contributed by atoms with Crippen molar-refractivity contribution in [1.82, 2.24) is 4.90 Å². The van der Waals surface area contributed by atoms with Crippen molar-refractivity contribution in [3.05, 3.63) is 30.1 Å². The molecule has 24 heavy (non-hydrogen) atoms. The van der Waals surface area contributed by atoms with Gasteiger partial charge in [-0.05, 0) is 30.2 Å². The lowest BCUT2D eigenvalue weighted by atomic mass is 10.1. The number of halogens is 1. The highest BCUT2D eigenvalue weighted by atomic mass is 19.1. The fourth-order valence-corrected chi connectivity index (χ4v) is 3.61. The molecule has 0 saturated carbocycles. The van der Waals surface area contributed by atoms with Gasteiger partial charge < -0.3 is 9.80 Å². The molecule has 3 rings (SSSR count). The monoisotopic (exact) mass is 334 g/mol. The fraction of sp³-hybridized carbons (Fsp3) is 0.556. The van der Waals surface area contributed by atoms with Crippen LogP contribution >= 0.6 is 0 Å². The maximum absolute atomic E-state index is 13.0. The summed E-state index contributed by atoms with van der Waals surface area (Å²) in [6.07, 6.45) is 0.331. The zero-order chi connectivity index (χ0) is 17.3. The van der Waals surface area contributed by atoms with Gasteiger partial charge in [-0.3, -0.25) is 14.5 Å². The molecule has 0 radical (unpaired) electrons. The zero-order valence-corrected chi connectivity index (χ0v) is 14.3. The number of carbonyl (C=O) groups is 2. The summed E-state index contributed by atoms with van der Waals surface area (Å²) >= 11 is 0. The van der Waals surface area contributed by atoms with Crippen LogP contribution < -0.4 is 9.80 Å². The first-order chi connectivity index (χ1) is 11.5. The van der Waals surface area contributed by atoms with Crippen LogP contribution in [0, 0.1) is 11.7 Å². The first kappa shape index (κ1) is 16.9. The summed E-state index contributed by atoms with van der Waals surface area (Å²) in [5.41, 5.74) is 1.01. The van der Waals surface area contributed by atoms with Crippen molar-refractivity contribution >= 4 is 17.5 Å². The predicted molar refractivity (Wildman–Crippen MR) is 89.3 cm³/mol. The SMILES string of the molecule is CC(C)CN1C(=O)C[C@H]([NH+]2CCN(c3ccc(F)cc3)CC2)C1=O. The van der Waals surface area contributed by atoms with E-state index in [-0.39, 0.29) is 23.7 Å². The average Bonchev–Trinajstić information content (AvgIpc) is 2.83. The fourth-order valence-electron chi connectivity index (χ4n) is 3.61. The molecule has 2 amide bonds. The van der Waals surface area contributed by atoms with Gasteiger partial charge >= 0.3 is 0 Å². The Balaban J connectivity index is 1.60. The number of imide groups is 1. The smallest absolute Gasteiger partial charge is 0.288 e. The quantitative estimate of drug-likeness (QED) is 0.807. The molecule has 130 valence electrons. The van der Waals surface area contributed by atoms with Gasteiger partial charge in [-0.2, -0.15) is 0 Å². The maximum Gasteiger partial charge on any atom is 0.288 e. The van der Waals surface area contributed by atoms with Gasteiger partial charge in [0.2, 0.25) is 5.91 Å². The predicted octanol–water partition coefficient (Wildman–Crippen LogP) is 0.314. The molecule has 0 unspecified atom stereocenters. The number of quaternary nitrogens is 1. The van der Waals surface area contributed by atoms with Crippen LogP contribution in [-0.2, 0) is 9.59 Å². The lowest BCUT2D eigenvalue weighted by Crippen LogP contribution is -3.19. The van der Waals surface area contributed by atoms with Gasteiger partial charge in [-0.15, -0.1) is 0 Å². The van der Waals surface area contributed by atoms with Crippen molar-refractivity contribution in [3.63, 3.8) is 0 Å². The molecule has 0 aromatic heterocycles. The Morgan fingerprint density at radius 1 is 1.17 bits per heavy atom. The minimum atomic E-state index is -0.233. The number of piperazine rings is 1. The van der Waals surface area contributed by atoms with E-state index in [1.54, 1.807) is 12.1 Å². The number of nitrogens with zero attached hydrogens (tertiary/aromatic N) is 2. The Kier molecular flexibility index (Phi) is 4.85. The molecular weight excluding hydrogens is 309 g/mol. The van der Waals surface area contributed by atoms with Crippen molar-refractivity contribution in [1.29, 1.82) is 0 Å². The molecule has 2 heterocycles. The molecule has 1 N–H and O–H groups in total. The molecule has 0 aliphatic carbocycles. The van der Waals surface area contributed by atoms with Gasteiger partial charge in [0.15, 0.2) is 6.04 Å². The maximum atomic E-state index is 13.0. The van der Waals surface area contributed by atoms with Crippen molar-refractivity contribution in [2.24, 2.45) is 5.92 Å². The van der Waals surface area contributed by atoms with E-state index in [1.807, 2.05) is 13.8 Å². The molecule has 1 aromatic rings. The van der Waals surface area contributed by atoms with Gasteiger partial charge in [-0.25, -0.2) is 4.39 Å². The summed E-state index contributed by atoms with van der Waals surface area (Å²) in [6, 6.07) is 6.28. The summed E-state index contributed by atoms with van der Waals surface area (Å²) in [6.45, 7) is 7.80. The van der Waals surface area contributed by atoms with E-state index < -0.39 is 0 Å². The third kappa shape index (κ3) is 3.43. The van der Waals surface area contributed by atoms with Crippen LogP contribution in [-0.4, -0.2) is 55.5 Å². The molecule has 2 fully saturated rings. The standard InChI is InChI=1S/C18H24FN3O2/c1-13(2)12-22-17(23)11-16(18(22)24)21-9-7-20(8-10-21)15-5-3-14(19)4-6-15/h3-6,13,16H,7-12H2,1-2H3/p+1/t16-/m0/s1. The molecule has 0 bridgehead atoms. The van der Waals surface area contributed by atoms with Crippen LogP contribution in [0.5, 0.6) is 0 Å². The highest BCUT2D eigenvalue weighted by Crippen LogP contribution is 2.16.